The average Bonchev–Trinajstić information content (AvgIpc) is 3.14. The van der Waals surface area contributed by atoms with Crippen LogP contribution in [0.1, 0.15) is 55.4 Å². The molecule has 0 spiro atoms. The zero-order valence-electron chi connectivity index (χ0n) is 17.8. The maximum absolute atomic E-state index is 2.59. The van der Waals surface area contributed by atoms with Crippen LogP contribution in [0.5, 0.6) is 0 Å². The molecule has 4 rings (SSSR count). The van der Waals surface area contributed by atoms with Gasteiger partial charge in [0, 0.05) is 0 Å². The fourth-order valence-corrected chi connectivity index (χ4v) is 41.6. The quantitative estimate of drug-likeness (QED) is 0.581. The van der Waals surface area contributed by atoms with Crippen molar-refractivity contribution in [2.75, 3.05) is 0 Å². The Labute approximate surface area is 161 Å². The standard InChI is InChI=1S/C24H34Si2/c1-21(2)22(3,4)25(21,19-15-11-9-12-16-19)26(20-17-13-10-14-18-20)23(5,6)24(26,7)8/h9-18H,1-8H3. The molecule has 2 aliphatic rings. The molecular weight excluding hydrogens is 344 g/mol. The van der Waals surface area contributed by atoms with E-state index in [4.69, 9.17) is 0 Å². The molecule has 0 atom stereocenters. The first-order chi connectivity index (χ1) is 12.0. The molecule has 0 aliphatic carbocycles. The molecule has 2 saturated heterocycles. The van der Waals surface area contributed by atoms with E-state index in [1.54, 1.807) is 10.4 Å². The van der Waals surface area contributed by atoms with Crippen molar-refractivity contribution in [1.82, 2.24) is 0 Å². The fourth-order valence-electron chi connectivity index (χ4n) is 7.75. The van der Waals surface area contributed by atoms with Crippen molar-refractivity contribution in [1.29, 1.82) is 0 Å². The van der Waals surface area contributed by atoms with Crippen LogP contribution in [0.4, 0.5) is 0 Å². The van der Waals surface area contributed by atoms with Gasteiger partial charge in [-0.2, -0.15) is 0 Å². The second kappa shape index (κ2) is 4.83. The van der Waals surface area contributed by atoms with E-state index in [2.05, 4.69) is 116 Å². The Morgan fingerprint density at radius 1 is 0.423 bits per heavy atom. The van der Waals surface area contributed by atoms with Crippen LogP contribution in [-0.4, -0.2) is 15.2 Å². The summed E-state index contributed by atoms with van der Waals surface area (Å²) in [5.74, 6) is 0. The summed E-state index contributed by atoms with van der Waals surface area (Å²) >= 11 is 0. The van der Waals surface area contributed by atoms with Crippen molar-refractivity contribution in [3.8, 4) is 0 Å². The third kappa shape index (κ3) is 1.48. The van der Waals surface area contributed by atoms with Gasteiger partial charge in [0.2, 0.25) is 0 Å². The molecule has 0 radical (unpaired) electrons. The van der Waals surface area contributed by atoms with Gasteiger partial charge in [-0.25, -0.2) is 0 Å². The smallest absolute Gasteiger partial charge is 0.0632 e. The van der Waals surface area contributed by atoms with Crippen molar-refractivity contribution < 1.29 is 0 Å². The van der Waals surface area contributed by atoms with Gasteiger partial charge in [-0.3, -0.25) is 0 Å². The van der Waals surface area contributed by atoms with E-state index in [9.17, 15) is 0 Å². The van der Waals surface area contributed by atoms with Crippen molar-refractivity contribution in [3.05, 3.63) is 60.7 Å². The van der Waals surface area contributed by atoms with Gasteiger partial charge < -0.3 is 0 Å². The largest absolute Gasteiger partial charge is 0.0980 e. The molecule has 138 valence electrons. The van der Waals surface area contributed by atoms with E-state index >= 15 is 0 Å². The van der Waals surface area contributed by atoms with Gasteiger partial charge >= 0.3 is 0 Å². The van der Waals surface area contributed by atoms with Crippen LogP contribution >= 0.6 is 0 Å². The first-order valence-electron chi connectivity index (χ1n) is 10.1. The molecule has 2 fully saturated rings. The monoisotopic (exact) mass is 378 g/mol. The fraction of sp³-hybridized carbons (Fsp3) is 0.500. The highest BCUT2D eigenvalue weighted by molar-refractivity contribution is 7.63. The minimum Gasteiger partial charge on any atom is -0.0632 e. The number of hydrogen-bond acceptors (Lipinski definition) is 0. The lowest BCUT2D eigenvalue weighted by Crippen LogP contribution is -2.65. The lowest BCUT2D eigenvalue weighted by Gasteiger charge is -2.35. The van der Waals surface area contributed by atoms with E-state index < -0.39 is 15.2 Å². The molecule has 0 N–H and O–H groups in total. The molecule has 2 heteroatoms. The lowest BCUT2D eigenvalue weighted by atomic mass is 10.0. The summed E-state index contributed by atoms with van der Waals surface area (Å²) in [6, 6.07) is 23.4. The molecule has 0 unspecified atom stereocenters. The predicted octanol–water partition coefficient (Wildman–Crippen LogP) is 5.92. The maximum atomic E-state index is 2.59. The molecule has 0 amide bonds. The first kappa shape index (κ1) is 18.2. The van der Waals surface area contributed by atoms with Crippen molar-refractivity contribution in [2.24, 2.45) is 0 Å². The SMILES string of the molecule is CC1(C)C(C)(C)[Si]1(c1ccccc1)[Si]1(c2ccccc2)C(C)(C)C1(C)C. The van der Waals surface area contributed by atoms with E-state index in [0.29, 0.717) is 20.2 Å². The van der Waals surface area contributed by atoms with Crippen LogP contribution in [0.2, 0.25) is 20.2 Å². The molecule has 2 heterocycles. The van der Waals surface area contributed by atoms with Crippen LogP contribution < -0.4 is 10.4 Å². The van der Waals surface area contributed by atoms with Crippen molar-refractivity contribution >= 4 is 25.6 Å². The second-order valence-corrected chi connectivity index (χ2v) is 24.4. The van der Waals surface area contributed by atoms with Gasteiger partial charge in [-0.1, -0.05) is 126 Å². The summed E-state index contributed by atoms with van der Waals surface area (Å²) in [7, 11) is -3.55. The van der Waals surface area contributed by atoms with Crippen LogP contribution in [0, 0.1) is 0 Å². The van der Waals surface area contributed by atoms with E-state index in [1.165, 1.54) is 0 Å². The number of benzene rings is 2. The zero-order valence-corrected chi connectivity index (χ0v) is 19.8. The van der Waals surface area contributed by atoms with Gasteiger partial charge in [-0.05, 0) is 20.2 Å². The number of rotatable bonds is 3. The topological polar surface area (TPSA) is 0 Å². The summed E-state index contributed by atoms with van der Waals surface area (Å²) in [5.41, 5.74) is 0. The molecule has 2 aromatic rings. The van der Waals surface area contributed by atoms with Crippen LogP contribution in [-0.2, 0) is 0 Å². The normalized spacial score (nSPS) is 27.5. The molecular formula is C24H34Si2. The second-order valence-electron chi connectivity index (χ2n) is 10.7. The van der Waals surface area contributed by atoms with E-state index in [1.807, 2.05) is 0 Å². The Balaban J connectivity index is 2.12. The van der Waals surface area contributed by atoms with Crippen molar-refractivity contribution in [2.45, 2.75) is 75.5 Å². The van der Waals surface area contributed by atoms with Gasteiger partial charge in [0.05, 0.1) is 15.2 Å². The summed E-state index contributed by atoms with van der Waals surface area (Å²) in [4.78, 5) is 0. The summed E-state index contributed by atoms with van der Waals surface area (Å²) in [6.07, 6.45) is 0. The maximum Gasteiger partial charge on any atom is 0.0980 e. The Morgan fingerprint density at radius 2 is 0.654 bits per heavy atom. The van der Waals surface area contributed by atoms with Gasteiger partial charge in [0.1, 0.15) is 0 Å². The molecule has 0 nitrogen and oxygen atoms in total. The molecule has 2 aromatic carbocycles. The van der Waals surface area contributed by atoms with Crippen molar-refractivity contribution in [3.63, 3.8) is 0 Å². The molecule has 2 aliphatic heterocycles. The molecule has 0 aromatic heterocycles. The van der Waals surface area contributed by atoms with Gasteiger partial charge in [0.25, 0.3) is 0 Å². The third-order valence-electron chi connectivity index (χ3n) is 9.73. The first-order valence-corrected chi connectivity index (χ1v) is 15.1. The summed E-state index contributed by atoms with van der Waals surface area (Å²) in [5, 5.41) is 5.12. The lowest BCUT2D eigenvalue weighted by molar-refractivity contribution is 0.628. The number of hydrogen-bond donors (Lipinski definition) is 0. The summed E-state index contributed by atoms with van der Waals surface area (Å²) in [6.45, 7) is 20.7. The Kier molecular flexibility index (Phi) is 3.39. The third-order valence-corrected chi connectivity index (χ3v) is 35.4. The van der Waals surface area contributed by atoms with Gasteiger partial charge in [0.15, 0.2) is 0 Å². The van der Waals surface area contributed by atoms with Gasteiger partial charge in [-0.15, -0.1) is 0 Å². The average molecular weight is 379 g/mol. The molecule has 26 heavy (non-hydrogen) atoms. The Bertz CT molecular complexity index is 743. The zero-order chi connectivity index (χ0) is 19.2. The van der Waals surface area contributed by atoms with Crippen LogP contribution in [0.25, 0.3) is 0 Å². The molecule has 0 saturated carbocycles. The summed E-state index contributed by atoms with van der Waals surface area (Å²) < 4.78 is 0. The highest BCUT2D eigenvalue weighted by Gasteiger charge is 2.98. The molecule has 0 bridgehead atoms. The van der Waals surface area contributed by atoms with E-state index in [-0.39, 0.29) is 0 Å². The minimum atomic E-state index is -1.77. The minimum absolute atomic E-state index is 0.425. The Morgan fingerprint density at radius 3 is 0.846 bits per heavy atom. The highest BCUT2D eigenvalue weighted by Crippen LogP contribution is 2.95. The van der Waals surface area contributed by atoms with Crippen LogP contribution in [0.15, 0.2) is 60.7 Å². The predicted molar refractivity (Wildman–Crippen MR) is 120 cm³/mol. The highest BCUT2D eigenvalue weighted by atomic mass is 29.3. The Hall–Kier alpha value is -1.13. The van der Waals surface area contributed by atoms with Crippen LogP contribution in [0.3, 0.4) is 0 Å². The van der Waals surface area contributed by atoms with E-state index in [0.717, 1.165) is 0 Å².